The smallest absolute Gasteiger partial charge is 0.221 e. The topological polar surface area (TPSA) is 65.5 Å². The number of rotatable bonds is 6. The second-order valence-electron chi connectivity index (χ2n) is 6.95. The van der Waals surface area contributed by atoms with E-state index in [4.69, 9.17) is 0 Å². The number of anilines is 1. The minimum absolute atomic E-state index is 0. The number of nitrogens with zero attached hydrogens (tertiary/aromatic N) is 1. The van der Waals surface area contributed by atoms with E-state index in [1.807, 2.05) is 30.3 Å². The van der Waals surface area contributed by atoms with Crippen LogP contribution >= 0.6 is 24.0 Å². The van der Waals surface area contributed by atoms with Gasteiger partial charge in [-0.2, -0.15) is 0 Å². The zero-order chi connectivity index (χ0) is 19.3. The van der Waals surface area contributed by atoms with E-state index in [1.54, 1.807) is 19.2 Å². The maximum atomic E-state index is 13.5. The molecule has 2 aromatic carbocycles. The Hall–Kier alpha value is -2.16. The van der Waals surface area contributed by atoms with Gasteiger partial charge in [0.1, 0.15) is 5.82 Å². The summed E-state index contributed by atoms with van der Waals surface area (Å²) in [5.74, 6) is 0.410. The van der Waals surface area contributed by atoms with Crippen molar-refractivity contribution in [3.63, 3.8) is 0 Å². The maximum absolute atomic E-state index is 13.5. The first kappa shape index (κ1) is 22.1. The molecule has 1 aliphatic rings. The van der Waals surface area contributed by atoms with Crippen LogP contribution in [0.5, 0.6) is 0 Å². The lowest BCUT2D eigenvalue weighted by molar-refractivity contribution is -0.114. The Bertz CT molecular complexity index is 852. The first-order chi connectivity index (χ1) is 13.0. The predicted octanol–water partition coefficient (Wildman–Crippen LogP) is 3.80. The lowest BCUT2D eigenvalue weighted by Gasteiger charge is -2.19. The summed E-state index contributed by atoms with van der Waals surface area (Å²) in [6.07, 6.45) is 2.08. The Balaban J connectivity index is 0.00000280. The van der Waals surface area contributed by atoms with Crippen molar-refractivity contribution in [2.45, 2.75) is 31.7 Å². The fourth-order valence-electron chi connectivity index (χ4n) is 3.16. The molecule has 7 heteroatoms. The second-order valence-corrected chi connectivity index (χ2v) is 6.95. The van der Waals surface area contributed by atoms with Crippen molar-refractivity contribution < 1.29 is 9.18 Å². The average molecular weight is 496 g/mol. The SMILES string of the molecule is CN=C(NCc1cccc(NC(C)=O)c1)NCC1(c2cccc(F)c2)CC1.I. The predicted molar refractivity (Wildman–Crippen MR) is 122 cm³/mol. The zero-order valence-electron chi connectivity index (χ0n) is 16.1. The minimum Gasteiger partial charge on any atom is -0.356 e. The number of amides is 1. The van der Waals surface area contributed by atoms with E-state index in [-0.39, 0.29) is 41.1 Å². The number of carbonyl (C=O) groups is 1. The highest BCUT2D eigenvalue weighted by Crippen LogP contribution is 2.47. The number of hydrogen-bond acceptors (Lipinski definition) is 2. The molecule has 0 radical (unpaired) electrons. The van der Waals surface area contributed by atoms with Crippen LogP contribution in [0.2, 0.25) is 0 Å². The van der Waals surface area contributed by atoms with E-state index < -0.39 is 0 Å². The molecule has 150 valence electrons. The van der Waals surface area contributed by atoms with E-state index >= 15 is 0 Å². The van der Waals surface area contributed by atoms with Gasteiger partial charge in [0.15, 0.2) is 5.96 Å². The Morgan fingerprint density at radius 3 is 2.54 bits per heavy atom. The molecular formula is C21H26FIN4O. The molecule has 3 N–H and O–H groups in total. The molecule has 0 heterocycles. The van der Waals surface area contributed by atoms with Crippen LogP contribution in [-0.2, 0) is 16.8 Å². The number of nitrogens with one attached hydrogen (secondary N) is 3. The summed E-state index contributed by atoms with van der Waals surface area (Å²) in [7, 11) is 1.73. The molecule has 1 aliphatic carbocycles. The molecule has 0 atom stereocenters. The lowest BCUT2D eigenvalue weighted by atomic mass is 9.96. The molecule has 5 nitrogen and oxygen atoms in total. The Labute approximate surface area is 182 Å². The fraction of sp³-hybridized carbons (Fsp3) is 0.333. The lowest BCUT2D eigenvalue weighted by Crippen LogP contribution is -2.40. The number of halogens is 2. The maximum Gasteiger partial charge on any atom is 0.221 e. The molecule has 1 amide bonds. The molecule has 0 bridgehead atoms. The molecule has 2 aromatic rings. The summed E-state index contributed by atoms with van der Waals surface area (Å²) < 4.78 is 13.5. The van der Waals surface area contributed by atoms with Crippen LogP contribution in [0.1, 0.15) is 30.9 Å². The van der Waals surface area contributed by atoms with Crippen LogP contribution in [-0.4, -0.2) is 25.5 Å². The standard InChI is InChI=1S/C21H25FN4O.HI/c1-15(27)26-19-8-3-5-16(11-19)13-24-20(23-2)25-14-21(9-10-21)17-6-4-7-18(22)12-17;/h3-8,11-12H,9-10,13-14H2,1-2H3,(H,26,27)(H2,23,24,25);1H. The Morgan fingerprint density at radius 2 is 1.89 bits per heavy atom. The Kier molecular flexibility index (Phi) is 7.79. The van der Waals surface area contributed by atoms with Crippen LogP contribution in [0.4, 0.5) is 10.1 Å². The molecule has 1 saturated carbocycles. The molecule has 0 saturated heterocycles. The largest absolute Gasteiger partial charge is 0.356 e. The summed E-state index contributed by atoms with van der Waals surface area (Å²) >= 11 is 0. The summed E-state index contributed by atoms with van der Waals surface area (Å²) in [6, 6.07) is 14.5. The van der Waals surface area contributed by atoms with Crippen LogP contribution in [0.25, 0.3) is 0 Å². The number of guanidine groups is 1. The van der Waals surface area contributed by atoms with Crippen molar-refractivity contribution in [2.24, 2.45) is 4.99 Å². The molecule has 1 fully saturated rings. The van der Waals surface area contributed by atoms with Gasteiger partial charge in [-0.1, -0.05) is 24.3 Å². The summed E-state index contributed by atoms with van der Waals surface area (Å²) in [5, 5.41) is 9.42. The minimum atomic E-state index is -0.194. The van der Waals surface area contributed by atoms with E-state index in [2.05, 4.69) is 20.9 Å². The van der Waals surface area contributed by atoms with Gasteiger partial charge in [-0.3, -0.25) is 9.79 Å². The van der Waals surface area contributed by atoms with Crippen molar-refractivity contribution >= 4 is 41.5 Å². The average Bonchev–Trinajstić information content (AvgIpc) is 3.43. The van der Waals surface area contributed by atoms with Crippen LogP contribution in [0, 0.1) is 5.82 Å². The van der Waals surface area contributed by atoms with E-state index in [1.165, 1.54) is 13.0 Å². The highest BCUT2D eigenvalue weighted by atomic mass is 127. The zero-order valence-corrected chi connectivity index (χ0v) is 18.4. The van der Waals surface area contributed by atoms with Gasteiger partial charge >= 0.3 is 0 Å². The number of benzene rings is 2. The highest BCUT2D eigenvalue weighted by Gasteiger charge is 2.44. The van der Waals surface area contributed by atoms with Crippen molar-refractivity contribution in [3.8, 4) is 0 Å². The summed E-state index contributed by atoms with van der Waals surface area (Å²) in [5.41, 5.74) is 2.84. The molecule has 28 heavy (non-hydrogen) atoms. The third kappa shape index (κ3) is 5.92. The first-order valence-corrected chi connectivity index (χ1v) is 9.08. The third-order valence-electron chi connectivity index (χ3n) is 4.82. The number of hydrogen-bond donors (Lipinski definition) is 3. The summed E-state index contributed by atoms with van der Waals surface area (Å²) in [6.45, 7) is 2.78. The van der Waals surface area contributed by atoms with Crippen molar-refractivity contribution in [1.29, 1.82) is 0 Å². The Morgan fingerprint density at radius 1 is 1.14 bits per heavy atom. The fourth-order valence-corrected chi connectivity index (χ4v) is 3.16. The molecule has 0 unspecified atom stereocenters. The normalized spacial score (nSPS) is 14.6. The van der Waals surface area contributed by atoms with E-state index in [9.17, 15) is 9.18 Å². The van der Waals surface area contributed by atoms with Crippen LogP contribution in [0.3, 0.4) is 0 Å². The molecule has 0 spiro atoms. The molecule has 0 aliphatic heterocycles. The quantitative estimate of drug-likeness (QED) is 0.324. The van der Waals surface area contributed by atoms with Gasteiger partial charge in [0.2, 0.25) is 5.91 Å². The monoisotopic (exact) mass is 496 g/mol. The van der Waals surface area contributed by atoms with Gasteiger partial charge in [-0.25, -0.2) is 4.39 Å². The molecule has 3 rings (SSSR count). The van der Waals surface area contributed by atoms with Gasteiger partial charge < -0.3 is 16.0 Å². The van der Waals surface area contributed by atoms with E-state index in [0.717, 1.165) is 29.7 Å². The number of carbonyl (C=O) groups excluding carboxylic acids is 1. The van der Waals surface area contributed by atoms with Gasteiger partial charge in [0.05, 0.1) is 0 Å². The summed E-state index contributed by atoms with van der Waals surface area (Å²) in [4.78, 5) is 15.4. The van der Waals surface area contributed by atoms with Gasteiger partial charge in [0.25, 0.3) is 0 Å². The van der Waals surface area contributed by atoms with Crippen molar-refractivity contribution in [3.05, 3.63) is 65.5 Å². The van der Waals surface area contributed by atoms with Crippen LogP contribution < -0.4 is 16.0 Å². The highest BCUT2D eigenvalue weighted by molar-refractivity contribution is 14.0. The molecular weight excluding hydrogens is 470 g/mol. The van der Waals surface area contributed by atoms with Gasteiger partial charge in [0, 0.05) is 38.2 Å². The van der Waals surface area contributed by atoms with E-state index in [0.29, 0.717) is 19.0 Å². The van der Waals surface area contributed by atoms with Gasteiger partial charge in [-0.05, 0) is 48.2 Å². The van der Waals surface area contributed by atoms with Crippen molar-refractivity contribution in [2.75, 3.05) is 18.9 Å². The first-order valence-electron chi connectivity index (χ1n) is 9.08. The molecule has 0 aromatic heterocycles. The number of aliphatic imine (C=N–C) groups is 1. The van der Waals surface area contributed by atoms with Crippen LogP contribution in [0.15, 0.2) is 53.5 Å². The van der Waals surface area contributed by atoms with Gasteiger partial charge in [-0.15, -0.1) is 24.0 Å². The second kappa shape index (κ2) is 9.86. The third-order valence-corrected chi connectivity index (χ3v) is 4.82. The van der Waals surface area contributed by atoms with Crippen molar-refractivity contribution in [1.82, 2.24) is 10.6 Å².